The molecule has 32 heavy (non-hydrogen) atoms. The molecule has 0 aliphatic carbocycles. The number of esters is 1. The molecule has 0 aliphatic heterocycles. The summed E-state index contributed by atoms with van der Waals surface area (Å²) in [5.74, 6) is 0.452. The number of anilines is 1. The molecule has 0 aliphatic rings. The van der Waals surface area contributed by atoms with Crippen molar-refractivity contribution in [3.8, 4) is 28.4 Å². The Morgan fingerprint density at radius 3 is 2.50 bits per heavy atom. The van der Waals surface area contributed by atoms with Gasteiger partial charge >= 0.3 is 5.97 Å². The lowest BCUT2D eigenvalue weighted by molar-refractivity contribution is -0.119. The zero-order chi connectivity index (χ0) is 22.3. The van der Waals surface area contributed by atoms with Gasteiger partial charge in [0.05, 0.1) is 17.9 Å². The van der Waals surface area contributed by atoms with Gasteiger partial charge in [0, 0.05) is 28.9 Å². The fraction of sp³-hybridized carbons (Fsp3) is 0.130. The van der Waals surface area contributed by atoms with Gasteiger partial charge in [0.25, 0.3) is 5.91 Å². The lowest BCUT2D eigenvalue weighted by atomic mass is 10.1. The summed E-state index contributed by atoms with van der Waals surface area (Å²) < 4.78 is 10.5. The molecule has 0 saturated carbocycles. The second kappa shape index (κ2) is 9.88. The van der Waals surface area contributed by atoms with Crippen molar-refractivity contribution in [1.82, 2.24) is 15.0 Å². The van der Waals surface area contributed by atoms with Crippen LogP contribution in [0.3, 0.4) is 0 Å². The molecule has 4 rings (SSSR count). The van der Waals surface area contributed by atoms with Crippen LogP contribution in [0.2, 0.25) is 0 Å². The Morgan fingerprint density at radius 1 is 1.06 bits per heavy atom. The van der Waals surface area contributed by atoms with Gasteiger partial charge in [-0.25, -0.2) is 14.8 Å². The number of rotatable bonds is 8. The zero-order valence-corrected chi connectivity index (χ0v) is 18.0. The number of nitrogens with one attached hydrogen (secondary N) is 2. The van der Waals surface area contributed by atoms with Crippen LogP contribution in [-0.4, -0.2) is 40.0 Å². The Hall–Kier alpha value is -3.98. The van der Waals surface area contributed by atoms with Gasteiger partial charge in [-0.15, -0.1) is 11.3 Å². The van der Waals surface area contributed by atoms with Crippen molar-refractivity contribution in [3.05, 3.63) is 71.9 Å². The fourth-order valence-corrected chi connectivity index (χ4v) is 3.65. The van der Waals surface area contributed by atoms with Gasteiger partial charge in [-0.2, -0.15) is 0 Å². The molecule has 0 unspecified atom stereocenters. The third-order valence-electron chi connectivity index (χ3n) is 4.44. The Balaban J connectivity index is 1.29. The highest BCUT2D eigenvalue weighted by Gasteiger charge is 2.13. The lowest BCUT2D eigenvalue weighted by Crippen LogP contribution is -2.20. The number of hydrogen-bond donors (Lipinski definition) is 2. The van der Waals surface area contributed by atoms with Crippen molar-refractivity contribution in [2.45, 2.75) is 6.92 Å². The molecule has 2 aromatic heterocycles. The smallest absolute Gasteiger partial charge is 0.338 e. The van der Waals surface area contributed by atoms with Gasteiger partial charge in [0.2, 0.25) is 0 Å². The molecule has 2 heterocycles. The Labute approximate surface area is 188 Å². The molecule has 0 bridgehead atoms. The van der Waals surface area contributed by atoms with E-state index in [4.69, 9.17) is 9.47 Å². The minimum Gasteiger partial charge on any atom is -0.494 e. The van der Waals surface area contributed by atoms with E-state index in [0.29, 0.717) is 23.1 Å². The average Bonchev–Trinajstić information content (AvgIpc) is 3.51. The Bertz CT molecular complexity index is 1190. The molecule has 1 amide bonds. The van der Waals surface area contributed by atoms with Crippen molar-refractivity contribution in [2.75, 3.05) is 18.5 Å². The molecule has 0 spiro atoms. The summed E-state index contributed by atoms with van der Waals surface area (Å²) in [4.78, 5) is 35.9. The van der Waals surface area contributed by atoms with Gasteiger partial charge in [-0.3, -0.25) is 10.1 Å². The van der Waals surface area contributed by atoms with E-state index in [2.05, 4.69) is 20.3 Å². The molecule has 0 fully saturated rings. The normalized spacial score (nSPS) is 10.5. The third kappa shape index (κ3) is 5.19. The molecule has 0 atom stereocenters. The predicted octanol–water partition coefficient (Wildman–Crippen LogP) is 4.39. The number of thiazole rings is 1. The van der Waals surface area contributed by atoms with Gasteiger partial charge < -0.3 is 14.5 Å². The number of aromatic nitrogens is 3. The lowest BCUT2D eigenvalue weighted by Gasteiger charge is -2.05. The van der Waals surface area contributed by atoms with Gasteiger partial charge in [-0.1, -0.05) is 12.1 Å². The second-order valence-corrected chi connectivity index (χ2v) is 7.49. The first-order chi connectivity index (χ1) is 15.6. The van der Waals surface area contributed by atoms with E-state index >= 15 is 0 Å². The quantitative estimate of drug-likeness (QED) is 0.387. The van der Waals surface area contributed by atoms with E-state index in [1.165, 1.54) is 11.3 Å². The summed E-state index contributed by atoms with van der Waals surface area (Å²) in [7, 11) is 0. The summed E-state index contributed by atoms with van der Waals surface area (Å²) >= 11 is 1.29. The number of aromatic amines is 1. The van der Waals surface area contributed by atoms with E-state index in [9.17, 15) is 9.59 Å². The van der Waals surface area contributed by atoms with E-state index in [0.717, 1.165) is 22.6 Å². The first-order valence-electron chi connectivity index (χ1n) is 9.88. The number of H-pyrrole nitrogens is 1. The van der Waals surface area contributed by atoms with Crippen LogP contribution in [0.1, 0.15) is 17.3 Å². The van der Waals surface area contributed by atoms with Gasteiger partial charge in [0.1, 0.15) is 11.6 Å². The van der Waals surface area contributed by atoms with Crippen LogP contribution in [0.25, 0.3) is 22.6 Å². The maximum atomic E-state index is 12.2. The maximum Gasteiger partial charge on any atom is 0.338 e. The minimum absolute atomic E-state index is 0.347. The number of amides is 1. The summed E-state index contributed by atoms with van der Waals surface area (Å²) in [6.07, 6.45) is 3.37. The Morgan fingerprint density at radius 2 is 1.81 bits per heavy atom. The van der Waals surface area contributed by atoms with Crippen LogP contribution >= 0.6 is 11.3 Å². The summed E-state index contributed by atoms with van der Waals surface area (Å²) in [5, 5.41) is 4.93. The molecular formula is C23H20N4O4S. The van der Waals surface area contributed by atoms with Crippen molar-refractivity contribution >= 4 is 28.3 Å². The van der Waals surface area contributed by atoms with E-state index in [-0.39, 0.29) is 0 Å². The monoisotopic (exact) mass is 448 g/mol. The number of benzene rings is 2. The number of ether oxygens (including phenoxy) is 2. The Kier molecular flexibility index (Phi) is 6.57. The zero-order valence-electron chi connectivity index (χ0n) is 17.2. The molecule has 2 aromatic carbocycles. The fourth-order valence-electron chi connectivity index (χ4n) is 2.91. The summed E-state index contributed by atoms with van der Waals surface area (Å²) in [6.45, 7) is 2.13. The first kappa shape index (κ1) is 21.3. The standard InChI is InChI=1S/C23H20N4O4S/c1-2-30-18-9-7-15(8-10-18)19-14-32-23(26-19)27-20(28)13-31-22(29)17-5-3-16(4-6-17)21-24-11-12-25-21/h3-12,14H,2,13H2,1H3,(H,24,25)(H,26,27,28). The van der Waals surface area contributed by atoms with E-state index in [1.807, 2.05) is 36.6 Å². The minimum atomic E-state index is -0.583. The van der Waals surface area contributed by atoms with Crippen LogP contribution in [0, 0.1) is 0 Å². The summed E-state index contributed by atoms with van der Waals surface area (Å²) in [5.41, 5.74) is 2.84. The number of carbonyl (C=O) groups excluding carboxylic acids is 2. The molecule has 2 N–H and O–H groups in total. The number of imidazole rings is 1. The predicted molar refractivity (Wildman–Crippen MR) is 122 cm³/mol. The number of nitrogens with zero attached hydrogens (tertiary/aromatic N) is 2. The van der Waals surface area contributed by atoms with Crippen LogP contribution in [0.4, 0.5) is 5.13 Å². The van der Waals surface area contributed by atoms with Crippen molar-refractivity contribution in [1.29, 1.82) is 0 Å². The molecule has 4 aromatic rings. The third-order valence-corrected chi connectivity index (χ3v) is 5.20. The van der Waals surface area contributed by atoms with Gasteiger partial charge in [-0.05, 0) is 43.3 Å². The molecule has 162 valence electrons. The topological polar surface area (TPSA) is 106 Å². The van der Waals surface area contributed by atoms with Crippen LogP contribution < -0.4 is 10.1 Å². The highest BCUT2D eigenvalue weighted by molar-refractivity contribution is 7.14. The van der Waals surface area contributed by atoms with Crippen LogP contribution in [-0.2, 0) is 9.53 Å². The number of hydrogen-bond acceptors (Lipinski definition) is 7. The van der Waals surface area contributed by atoms with Crippen molar-refractivity contribution in [2.24, 2.45) is 0 Å². The molecular weight excluding hydrogens is 428 g/mol. The molecule has 0 saturated heterocycles. The second-order valence-electron chi connectivity index (χ2n) is 6.63. The molecule has 9 heteroatoms. The molecule has 8 nitrogen and oxygen atoms in total. The first-order valence-corrected chi connectivity index (χ1v) is 10.8. The van der Waals surface area contributed by atoms with E-state index in [1.54, 1.807) is 36.7 Å². The van der Waals surface area contributed by atoms with E-state index < -0.39 is 18.5 Å². The van der Waals surface area contributed by atoms with Crippen molar-refractivity contribution in [3.63, 3.8) is 0 Å². The van der Waals surface area contributed by atoms with Gasteiger partial charge in [0.15, 0.2) is 11.7 Å². The van der Waals surface area contributed by atoms with Crippen LogP contribution in [0.15, 0.2) is 66.3 Å². The number of carbonyl (C=O) groups is 2. The maximum absolute atomic E-state index is 12.2. The molecule has 0 radical (unpaired) electrons. The summed E-state index contributed by atoms with van der Waals surface area (Å²) in [6, 6.07) is 14.3. The highest BCUT2D eigenvalue weighted by Crippen LogP contribution is 2.26. The highest BCUT2D eigenvalue weighted by atomic mass is 32.1. The van der Waals surface area contributed by atoms with Crippen LogP contribution in [0.5, 0.6) is 5.75 Å². The largest absolute Gasteiger partial charge is 0.494 e. The average molecular weight is 449 g/mol. The SMILES string of the molecule is CCOc1ccc(-c2csc(NC(=O)COC(=O)c3ccc(-c4ncc[nH]4)cc3)n2)cc1. The van der Waals surface area contributed by atoms with Crippen molar-refractivity contribution < 1.29 is 19.1 Å².